The normalized spacial score (nSPS) is 25.3. The Morgan fingerprint density at radius 3 is 2.36 bits per heavy atom. The first kappa shape index (κ1) is 22.8. The molecular formula is C21H41N5O2. The highest BCUT2D eigenvalue weighted by atomic mass is 16.6. The van der Waals surface area contributed by atoms with Crippen LogP contribution in [0.5, 0.6) is 0 Å². The third-order valence-corrected chi connectivity index (χ3v) is 5.74. The van der Waals surface area contributed by atoms with E-state index < -0.39 is 5.60 Å². The molecule has 2 N–H and O–H groups in total. The second-order valence-electron chi connectivity index (χ2n) is 9.64. The minimum atomic E-state index is -0.434. The van der Waals surface area contributed by atoms with Crippen LogP contribution >= 0.6 is 0 Å². The molecule has 2 aliphatic rings. The van der Waals surface area contributed by atoms with E-state index in [4.69, 9.17) is 4.74 Å². The lowest BCUT2D eigenvalue weighted by Crippen LogP contribution is -2.49. The van der Waals surface area contributed by atoms with Crippen LogP contribution in [0.3, 0.4) is 0 Å². The largest absolute Gasteiger partial charge is 0.444 e. The smallest absolute Gasteiger partial charge is 0.410 e. The summed E-state index contributed by atoms with van der Waals surface area (Å²) in [5.41, 5.74) is -0.434. The molecule has 0 saturated carbocycles. The quantitative estimate of drug-likeness (QED) is 0.565. The maximum Gasteiger partial charge on any atom is 0.410 e. The second-order valence-corrected chi connectivity index (χ2v) is 9.64. The maximum absolute atomic E-state index is 12.2. The molecule has 7 nitrogen and oxygen atoms in total. The summed E-state index contributed by atoms with van der Waals surface area (Å²) in [6.07, 6.45) is 1.79. The number of ether oxygens (including phenoxy) is 1. The van der Waals surface area contributed by atoms with Crippen LogP contribution in [0, 0.1) is 11.8 Å². The Kier molecular flexibility index (Phi) is 7.98. The van der Waals surface area contributed by atoms with Crippen molar-refractivity contribution in [1.82, 2.24) is 20.4 Å². The van der Waals surface area contributed by atoms with Gasteiger partial charge in [-0.3, -0.25) is 9.89 Å². The van der Waals surface area contributed by atoms with Gasteiger partial charge in [0.05, 0.1) is 0 Å². The van der Waals surface area contributed by atoms with E-state index in [9.17, 15) is 4.79 Å². The molecule has 2 atom stereocenters. The van der Waals surface area contributed by atoms with Gasteiger partial charge in [-0.15, -0.1) is 0 Å². The molecule has 7 heteroatoms. The number of hydrogen-bond acceptors (Lipinski definition) is 4. The average molecular weight is 396 g/mol. The van der Waals surface area contributed by atoms with E-state index in [1.807, 2.05) is 32.7 Å². The van der Waals surface area contributed by atoms with Gasteiger partial charge in [0.25, 0.3) is 0 Å². The van der Waals surface area contributed by atoms with Crippen LogP contribution < -0.4 is 10.6 Å². The first-order valence-electron chi connectivity index (χ1n) is 10.8. The molecule has 2 fully saturated rings. The van der Waals surface area contributed by atoms with E-state index in [1.54, 1.807) is 0 Å². The maximum atomic E-state index is 12.2. The number of hydrogen-bond donors (Lipinski definition) is 2. The molecular weight excluding hydrogens is 354 g/mol. The Morgan fingerprint density at radius 2 is 1.86 bits per heavy atom. The molecule has 0 spiro atoms. The Labute approximate surface area is 171 Å². The van der Waals surface area contributed by atoms with E-state index >= 15 is 0 Å². The highest BCUT2D eigenvalue weighted by Crippen LogP contribution is 2.20. The van der Waals surface area contributed by atoms with Crippen molar-refractivity contribution in [1.29, 1.82) is 0 Å². The van der Waals surface area contributed by atoms with Crippen molar-refractivity contribution in [3.63, 3.8) is 0 Å². The minimum Gasteiger partial charge on any atom is -0.444 e. The molecule has 2 saturated heterocycles. The predicted octanol–water partition coefficient (Wildman–Crippen LogP) is 2.53. The van der Waals surface area contributed by atoms with Crippen molar-refractivity contribution < 1.29 is 9.53 Å². The van der Waals surface area contributed by atoms with Crippen LogP contribution in [0.25, 0.3) is 0 Å². The summed E-state index contributed by atoms with van der Waals surface area (Å²) >= 11 is 0. The molecule has 0 aromatic heterocycles. The van der Waals surface area contributed by atoms with Crippen LogP contribution in [0.4, 0.5) is 4.79 Å². The van der Waals surface area contributed by atoms with Gasteiger partial charge >= 0.3 is 6.09 Å². The number of likely N-dealkylation sites (tertiary alicyclic amines) is 2. The molecule has 0 radical (unpaired) electrons. The number of amides is 1. The van der Waals surface area contributed by atoms with E-state index in [0.29, 0.717) is 23.9 Å². The molecule has 0 bridgehead atoms. The summed E-state index contributed by atoms with van der Waals surface area (Å²) in [5, 5.41) is 7.10. The average Bonchev–Trinajstić information content (AvgIpc) is 2.98. The fourth-order valence-electron chi connectivity index (χ4n) is 3.87. The van der Waals surface area contributed by atoms with Gasteiger partial charge in [0.1, 0.15) is 5.60 Å². The van der Waals surface area contributed by atoms with E-state index in [2.05, 4.69) is 41.3 Å². The molecule has 0 aliphatic carbocycles. The standard InChI is InChI=1S/C21H41N5O2/c1-15(2)26-13-16(3)18(14-26)24-19(22-7)23-12-17-8-10-25(11-9-17)20(27)28-21(4,5)6/h15-18H,8-14H2,1-7H3,(H2,22,23,24). The van der Waals surface area contributed by atoms with Crippen molar-refractivity contribution in [3.05, 3.63) is 0 Å². The number of carbonyl (C=O) groups is 1. The molecule has 2 aliphatic heterocycles. The molecule has 0 aromatic carbocycles. The fourth-order valence-corrected chi connectivity index (χ4v) is 3.87. The SMILES string of the molecule is CN=C(NCC1CCN(C(=O)OC(C)(C)C)CC1)NC1CN(C(C)C)CC1C. The van der Waals surface area contributed by atoms with Gasteiger partial charge in [-0.05, 0) is 59.3 Å². The number of piperidine rings is 1. The Hall–Kier alpha value is -1.50. The van der Waals surface area contributed by atoms with Gasteiger partial charge in [0, 0.05) is 51.9 Å². The van der Waals surface area contributed by atoms with Crippen LogP contribution in [0.15, 0.2) is 4.99 Å². The van der Waals surface area contributed by atoms with Crippen LogP contribution in [-0.2, 0) is 4.74 Å². The van der Waals surface area contributed by atoms with Crippen LogP contribution in [0.2, 0.25) is 0 Å². The molecule has 2 unspecified atom stereocenters. The summed E-state index contributed by atoms with van der Waals surface area (Å²) in [5.74, 6) is 2.04. The lowest BCUT2D eigenvalue weighted by atomic mass is 9.97. The summed E-state index contributed by atoms with van der Waals surface area (Å²) in [4.78, 5) is 20.9. The van der Waals surface area contributed by atoms with Crippen molar-refractivity contribution in [2.45, 2.75) is 72.1 Å². The highest BCUT2D eigenvalue weighted by Gasteiger charge is 2.31. The van der Waals surface area contributed by atoms with Crippen molar-refractivity contribution in [2.75, 3.05) is 39.8 Å². The highest BCUT2D eigenvalue weighted by molar-refractivity contribution is 5.80. The number of nitrogens with zero attached hydrogens (tertiary/aromatic N) is 3. The zero-order valence-electron chi connectivity index (χ0n) is 18.9. The zero-order chi connectivity index (χ0) is 20.9. The number of aliphatic imine (C=N–C) groups is 1. The summed E-state index contributed by atoms with van der Waals surface area (Å²) in [7, 11) is 1.83. The number of nitrogens with one attached hydrogen (secondary N) is 2. The number of rotatable bonds is 4. The zero-order valence-corrected chi connectivity index (χ0v) is 18.9. The van der Waals surface area contributed by atoms with Gasteiger partial charge < -0.3 is 20.3 Å². The minimum absolute atomic E-state index is 0.193. The number of carbonyl (C=O) groups excluding carboxylic acids is 1. The lowest BCUT2D eigenvalue weighted by molar-refractivity contribution is 0.0185. The van der Waals surface area contributed by atoms with Crippen LogP contribution in [-0.4, -0.2) is 79.3 Å². The Morgan fingerprint density at radius 1 is 1.21 bits per heavy atom. The first-order valence-corrected chi connectivity index (χ1v) is 10.8. The van der Waals surface area contributed by atoms with Crippen molar-refractivity contribution >= 4 is 12.1 Å². The summed E-state index contributed by atoms with van der Waals surface area (Å²) in [6.45, 7) is 17.1. The van der Waals surface area contributed by atoms with Gasteiger partial charge in [-0.2, -0.15) is 0 Å². The fraction of sp³-hybridized carbons (Fsp3) is 0.905. The molecule has 1 amide bonds. The lowest BCUT2D eigenvalue weighted by Gasteiger charge is -2.33. The summed E-state index contributed by atoms with van der Waals surface area (Å²) < 4.78 is 5.48. The molecule has 2 rings (SSSR count). The predicted molar refractivity (Wildman–Crippen MR) is 115 cm³/mol. The van der Waals surface area contributed by atoms with Gasteiger partial charge in [-0.1, -0.05) is 6.92 Å². The topological polar surface area (TPSA) is 69.2 Å². The van der Waals surface area contributed by atoms with Gasteiger partial charge in [-0.25, -0.2) is 4.79 Å². The van der Waals surface area contributed by atoms with Crippen LogP contribution in [0.1, 0.15) is 54.4 Å². The van der Waals surface area contributed by atoms with Crippen molar-refractivity contribution in [3.8, 4) is 0 Å². The van der Waals surface area contributed by atoms with Gasteiger partial charge in [0.2, 0.25) is 0 Å². The first-order chi connectivity index (χ1) is 13.1. The van der Waals surface area contributed by atoms with Gasteiger partial charge in [0.15, 0.2) is 5.96 Å². The summed E-state index contributed by atoms with van der Waals surface area (Å²) in [6, 6.07) is 1.02. The molecule has 162 valence electrons. The monoisotopic (exact) mass is 395 g/mol. The van der Waals surface area contributed by atoms with E-state index in [1.165, 1.54) is 0 Å². The molecule has 0 aromatic rings. The Bertz CT molecular complexity index is 535. The van der Waals surface area contributed by atoms with E-state index in [-0.39, 0.29) is 6.09 Å². The number of guanidine groups is 1. The Balaban J connectivity index is 1.73. The van der Waals surface area contributed by atoms with E-state index in [0.717, 1.165) is 51.5 Å². The molecule has 28 heavy (non-hydrogen) atoms. The second kappa shape index (κ2) is 9.81. The van der Waals surface area contributed by atoms with Crippen molar-refractivity contribution in [2.24, 2.45) is 16.8 Å². The molecule has 2 heterocycles. The third kappa shape index (κ3) is 6.83. The third-order valence-electron chi connectivity index (χ3n) is 5.74.